The predicted molar refractivity (Wildman–Crippen MR) is 81.9 cm³/mol. The smallest absolute Gasteiger partial charge is 0.154 e. The summed E-state index contributed by atoms with van der Waals surface area (Å²) >= 11 is 0. The van der Waals surface area contributed by atoms with E-state index in [4.69, 9.17) is 0 Å². The molecule has 1 heterocycles. The molecular weight excluding hydrogens is 250 g/mol. The second-order valence-electron chi connectivity index (χ2n) is 5.06. The molecule has 0 aliphatic carbocycles. The van der Waals surface area contributed by atoms with E-state index in [-0.39, 0.29) is 5.78 Å². The van der Waals surface area contributed by atoms with Crippen LogP contribution in [0, 0.1) is 0 Å². The number of aromatic nitrogens is 2. The molecule has 0 aliphatic rings. The van der Waals surface area contributed by atoms with E-state index in [1.165, 1.54) is 0 Å². The minimum atomic E-state index is 0.200. The van der Waals surface area contributed by atoms with Gasteiger partial charge in [-0.15, -0.1) is 0 Å². The molecule has 4 nitrogen and oxygen atoms in total. The summed E-state index contributed by atoms with van der Waals surface area (Å²) in [5.41, 5.74) is 2.10. The van der Waals surface area contributed by atoms with Crippen LogP contribution in [0.15, 0.2) is 24.3 Å². The Morgan fingerprint density at radius 1 is 1.25 bits per heavy atom. The van der Waals surface area contributed by atoms with Crippen molar-refractivity contribution in [2.75, 3.05) is 13.1 Å². The maximum atomic E-state index is 12.0. The van der Waals surface area contributed by atoms with E-state index >= 15 is 0 Å². The summed E-state index contributed by atoms with van der Waals surface area (Å²) in [6.07, 6.45) is 2.49. The fourth-order valence-corrected chi connectivity index (χ4v) is 2.38. The number of imidazole rings is 1. The summed E-state index contributed by atoms with van der Waals surface area (Å²) in [7, 11) is 0. The van der Waals surface area contributed by atoms with E-state index in [1.807, 2.05) is 18.2 Å². The first-order valence-electron chi connectivity index (χ1n) is 7.42. The van der Waals surface area contributed by atoms with Crippen LogP contribution in [-0.2, 0) is 17.8 Å². The Labute approximate surface area is 120 Å². The molecule has 0 aliphatic heterocycles. The SMILES string of the molecule is CCCNCC(=O)Cc1nc2ccccc2n1CCC. The number of rotatable bonds is 8. The average molecular weight is 273 g/mol. The highest BCUT2D eigenvalue weighted by Gasteiger charge is 2.13. The van der Waals surface area contributed by atoms with Gasteiger partial charge in [0.15, 0.2) is 5.78 Å². The summed E-state index contributed by atoms with van der Waals surface area (Å²) in [6.45, 7) is 6.47. The molecule has 0 atom stereocenters. The molecule has 1 aromatic heterocycles. The van der Waals surface area contributed by atoms with Gasteiger partial charge in [-0.2, -0.15) is 0 Å². The summed E-state index contributed by atoms with van der Waals surface area (Å²) < 4.78 is 2.17. The van der Waals surface area contributed by atoms with Crippen LogP contribution in [0.25, 0.3) is 11.0 Å². The van der Waals surface area contributed by atoms with Crippen LogP contribution in [-0.4, -0.2) is 28.4 Å². The summed E-state index contributed by atoms with van der Waals surface area (Å²) in [5.74, 6) is 1.09. The van der Waals surface area contributed by atoms with Crippen LogP contribution in [0.1, 0.15) is 32.5 Å². The van der Waals surface area contributed by atoms with E-state index in [0.29, 0.717) is 13.0 Å². The van der Waals surface area contributed by atoms with E-state index in [1.54, 1.807) is 0 Å². The van der Waals surface area contributed by atoms with Gasteiger partial charge in [0.05, 0.1) is 24.0 Å². The molecule has 4 heteroatoms. The number of nitrogens with zero attached hydrogens (tertiary/aromatic N) is 2. The van der Waals surface area contributed by atoms with Crippen LogP contribution >= 0.6 is 0 Å². The Morgan fingerprint density at radius 2 is 2.05 bits per heavy atom. The van der Waals surface area contributed by atoms with Gasteiger partial charge in [-0.1, -0.05) is 26.0 Å². The van der Waals surface area contributed by atoms with Crippen molar-refractivity contribution in [2.24, 2.45) is 0 Å². The molecule has 0 unspecified atom stereocenters. The number of hydrogen-bond acceptors (Lipinski definition) is 3. The van der Waals surface area contributed by atoms with Gasteiger partial charge in [0.1, 0.15) is 5.82 Å². The molecule has 0 fully saturated rings. The summed E-state index contributed by atoms with van der Waals surface area (Å²) in [4.78, 5) is 16.6. The number of nitrogens with one attached hydrogen (secondary N) is 1. The lowest BCUT2D eigenvalue weighted by molar-refractivity contribution is -0.117. The van der Waals surface area contributed by atoms with Crippen molar-refractivity contribution < 1.29 is 4.79 Å². The molecule has 1 N–H and O–H groups in total. The van der Waals surface area contributed by atoms with Gasteiger partial charge in [0, 0.05) is 6.54 Å². The van der Waals surface area contributed by atoms with Crippen LogP contribution in [0.3, 0.4) is 0 Å². The van der Waals surface area contributed by atoms with Gasteiger partial charge in [0.2, 0.25) is 0 Å². The molecule has 2 rings (SSSR count). The Hall–Kier alpha value is -1.68. The fraction of sp³-hybridized carbons (Fsp3) is 0.500. The van der Waals surface area contributed by atoms with Crippen molar-refractivity contribution in [2.45, 2.75) is 39.7 Å². The van der Waals surface area contributed by atoms with Crippen LogP contribution in [0.4, 0.5) is 0 Å². The Kier molecular flexibility index (Phi) is 5.30. The standard InChI is InChI=1S/C16H23N3O/c1-3-9-17-12-13(20)11-16-18-14-7-5-6-8-15(14)19(16)10-4-2/h5-8,17H,3-4,9-12H2,1-2H3. The van der Waals surface area contributed by atoms with Crippen LogP contribution in [0.5, 0.6) is 0 Å². The highest BCUT2D eigenvalue weighted by atomic mass is 16.1. The highest BCUT2D eigenvalue weighted by Crippen LogP contribution is 2.17. The Morgan fingerprint density at radius 3 is 2.80 bits per heavy atom. The molecule has 0 radical (unpaired) electrons. The molecule has 0 bridgehead atoms. The van der Waals surface area contributed by atoms with Gasteiger partial charge in [-0.3, -0.25) is 4.79 Å². The maximum absolute atomic E-state index is 12.0. The number of aryl methyl sites for hydroxylation is 1. The minimum absolute atomic E-state index is 0.200. The largest absolute Gasteiger partial charge is 0.328 e. The summed E-state index contributed by atoms with van der Waals surface area (Å²) in [5, 5.41) is 3.15. The minimum Gasteiger partial charge on any atom is -0.328 e. The second-order valence-corrected chi connectivity index (χ2v) is 5.06. The molecule has 0 amide bonds. The molecule has 0 saturated carbocycles. The number of benzene rings is 1. The number of hydrogen-bond donors (Lipinski definition) is 1. The number of Topliss-reactive ketones (excluding diaryl/α,β-unsaturated/α-hetero) is 1. The third-order valence-electron chi connectivity index (χ3n) is 3.29. The monoisotopic (exact) mass is 273 g/mol. The lowest BCUT2D eigenvalue weighted by Gasteiger charge is -2.07. The lowest BCUT2D eigenvalue weighted by Crippen LogP contribution is -2.25. The van der Waals surface area contributed by atoms with Crippen LogP contribution < -0.4 is 5.32 Å². The van der Waals surface area contributed by atoms with Crippen LogP contribution in [0.2, 0.25) is 0 Å². The molecule has 20 heavy (non-hydrogen) atoms. The molecule has 2 aromatic rings. The number of carbonyl (C=O) groups is 1. The number of ketones is 1. The number of para-hydroxylation sites is 2. The van der Waals surface area contributed by atoms with Crippen molar-refractivity contribution in [1.82, 2.24) is 14.9 Å². The average Bonchev–Trinajstić information content (AvgIpc) is 2.78. The number of fused-ring (bicyclic) bond motifs is 1. The van der Waals surface area contributed by atoms with E-state index in [9.17, 15) is 4.79 Å². The van der Waals surface area contributed by atoms with Crippen molar-refractivity contribution >= 4 is 16.8 Å². The van der Waals surface area contributed by atoms with Gasteiger partial charge in [-0.05, 0) is 31.5 Å². The quantitative estimate of drug-likeness (QED) is 0.752. The van der Waals surface area contributed by atoms with Crippen molar-refractivity contribution in [1.29, 1.82) is 0 Å². The Bertz CT molecular complexity index is 574. The van der Waals surface area contributed by atoms with E-state index in [0.717, 1.165) is 42.8 Å². The molecule has 1 aromatic carbocycles. The van der Waals surface area contributed by atoms with Crippen molar-refractivity contribution in [3.8, 4) is 0 Å². The van der Waals surface area contributed by atoms with Gasteiger partial charge >= 0.3 is 0 Å². The topological polar surface area (TPSA) is 46.9 Å². The Balaban J connectivity index is 2.16. The zero-order valence-corrected chi connectivity index (χ0v) is 12.4. The number of carbonyl (C=O) groups excluding carboxylic acids is 1. The van der Waals surface area contributed by atoms with Gasteiger partial charge in [-0.25, -0.2) is 4.98 Å². The van der Waals surface area contributed by atoms with Crippen molar-refractivity contribution in [3.05, 3.63) is 30.1 Å². The zero-order valence-electron chi connectivity index (χ0n) is 12.4. The first kappa shape index (κ1) is 14.7. The van der Waals surface area contributed by atoms with Gasteiger partial charge in [0.25, 0.3) is 0 Å². The van der Waals surface area contributed by atoms with Crippen molar-refractivity contribution in [3.63, 3.8) is 0 Å². The highest BCUT2D eigenvalue weighted by molar-refractivity contribution is 5.84. The second kappa shape index (κ2) is 7.20. The normalized spacial score (nSPS) is 11.1. The molecular formula is C16H23N3O. The fourth-order valence-electron chi connectivity index (χ4n) is 2.38. The maximum Gasteiger partial charge on any atom is 0.154 e. The van der Waals surface area contributed by atoms with E-state index in [2.05, 4.69) is 34.8 Å². The predicted octanol–water partition coefficient (Wildman–Crippen LogP) is 2.56. The third kappa shape index (κ3) is 3.45. The van der Waals surface area contributed by atoms with E-state index < -0.39 is 0 Å². The zero-order chi connectivity index (χ0) is 14.4. The molecule has 0 spiro atoms. The first-order valence-corrected chi connectivity index (χ1v) is 7.42. The first-order chi connectivity index (χ1) is 9.76. The molecule has 0 saturated heterocycles. The summed E-state index contributed by atoms with van der Waals surface area (Å²) in [6, 6.07) is 8.08. The lowest BCUT2D eigenvalue weighted by atomic mass is 10.2. The molecule has 108 valence electrons. The third-order valence-corrected chi connectivity index (χ3v) is 3.29. The van der Waals surface area contributed by atoms with Gasteiger partial charge < -0.3 is 9.88 Å².